The van der Waals surface area contributed by atoms with Gasteiger partial charge in [0, 0.05) is 19.0 Å². The minimum absolute atomic E-state index is 0.157. The second kappa shape index (κ2) is 8.87. The summed E-state index contributed by atoms with van der Waals surface area (Å²) in [6.07, 6.45) is 6.08. The van der Waals surface area contributed by atoms with Crippen LogP contribution in [0.25, 0.3) is 0 Å². The van der Waals surface area contributed by atoms with E-state index in [1.165, 1.54) is 42.9 Å². The number of carbonyl (C=O) groups is 2. The van der Waals surface area contributed by atoms with E-state index in [4.69, 9.17) is 0 Å². The summed E-state index contributed by atoms with van der Waals surface area (Å²) in [5, 5.41) is 0. The van der Waals surface area contributed by atoms with Crippen molar-refractivity contribution in [2.45, 2.75) is 68.9 Å². The number of nitrogens with zero attached hydrogens (tertiary/aromatic N) is 1. The predicted octanol–water partition coefficient (Wildman–Crippen LogP) is 3.05. The average Bonchev–Trinajstić information content (AvgIpc) is 3.18. The third kappa shape index (κ3) is 4.91. The largest absolute Gasteiger partial charge is 0.435 e. The number of likely N-dealkylation sites (tertiary alicyclic amines) is 1. The fourth-order valence-electron chi connectivity index (χ4n) is 4.07. The summed E-state index contributed by atoms with van der Waals surface area (Å²) < 4.78 is 56.1. The maximum Gasteiger partial charge on any atom is 0.387 e. The lowest BCUT2D eigenvalue weighted by Crippen LogP contribution is -2.67. The van der Waals surface area contributed by atoms with Gasteiger partial charge in [0.1, 0.15) is 11.3 Å². The number of ether oxygens (including phenoxy) is 1. The minimum atomic E-state index is -4.31. The molecule has 1 saturated carbocycles. The lowest BCUT2D eigenvalue weighted by atomic mass is 9.85. The molecule has 1 aromatic rings. The zero-order valence-electron chi connectivity index (χ0n) is 16.8. The third-order valence-corrected chi connectivity index (χ3v) is 7.35. The molecule has 0 bridgehead atoms. The van der Waals surface area contributed by atoms with Gasteiger partial charge in [-0.25, -0.2) is 13.1 Å². The standard InChI is InChI=1S/C20H26F2N2O5S/c1-20(11-12-24(20)17(25)10-9-14-5-2-3-6-14)18(26)23-30(27,28)16-8-4-7-15(13-16)29-19(21)22/h4,7-8,13-14,19H,2-3,5-6,9-12H2,1H3,(H,23,26). The number of halogens is 2. The van der Waals surface area contributed by atoms with E-state index in [-0.39, 0.29) is 16.6 Å². The number of sulfonamides is 1. The van der Waals surface area contributed by atoms with Gasteiger partial charge in [-0.2, -0.15) is 8.78 Å². The van der Waals surface area contributed by atoms with Gasteiger partial charge in [-0.15, -0.1) is 0 Å². The van der Waals surface area contributed by atoms with Gasteiger partial charge >= 0.3 is 6.61 Å². The van der Waals surface area contributed by atoms with Crippen LogP contribution in [0.5, 0.6) is 5.75 Å². The van der Waals surface area contributed by atoms with Gasteiger partial charge in [-0.05, 0) is 37.8 Å². The van der Waals surface area contributed by atoms with Crippen molar-refractivity contribution in [1.82, 2.24) is 9.62 Å². The third-order valence-electron chi connectivity index (χ3n) is 6.02. The second-order valence-electron chi connectivity index (χ2n) is 8.05. The Balaban J connectivity index is 1.64. The monoisotopic (exact) mass is 444 g/mol. The zero-order chi connectivity index (χ0) is 21.9. The lowest BCUT2D eigenvalue weighted by molar-refractivity contribution is -0.156. The molecule has 1 heterocycles. The van der Waals surface area contributed by atoms with Crippen molar-refractivity contribution >= 4 is 21.8 Å². The van der Waals surface area contributed by atoms with E-state index in [2.05, 4.69) is 4.74 Å². The Hall–Kier alpha value is -2.23. The molecule has 1 saturated heterocycles. The molecule has 2 fully saturated rings. The molecule has 1 atom stereocenters. The summed E-state index contributed by atoms with van der Waals surface area (Å²) in [4.78, 5) is 26.4. The van der Waals surface area contributed by atoms with Gasteiger partial charge < -0.3 is 9.64 Å². The van der Waals surface area contributed by atoms with Crippen LogP contribution in [-0.4, -0.2) is 43.8 Å². The maximum atomic E-state index is 12.7. The second-order valence-corrected chi connectivity index (χ2v) is 9.73. The molecule has 1 N–H and O–H groups in total. The van der Waals surface area contributed by atoms with Crippen LogP contribution < -0.4 is 9.46 Å². The van der Waals surface area contributed by atoms with Crippen LogP contribution in [-0.2, 0) is 19.6 Å². The quantitative estimate of drug-likeness (QED) is 0.665. The van der Waals surface area contributed by atoms with Crippen LogP contribution in [0, 0.1) is 5.92 Å². The number of hydrogen-bond acceptors (Lipinski definition) is 5. The van der Waals surface area contributed by atoms with E-state index in [0.29, 0.717) is 25.3 Å². The molecular formula is C20H26F2N2O5S. The van der Waals surface area contributed by atoms with Crippen molar-refractivity contribution in [3.63, 3.8) is 0 Å². The molecule has 2 aliphatic rings. The van der Waals surface area contributed by atoms with Crippen LogP contribution >= 0.6 is 0 Å². The molecule has 1 aromatic carbocycles. The van der Waals surface area contributed by atoms with Gasteiger partial charge in [0.25, 0.3) is 15.9 Å². The molecular weight excluding hydrogens is 418 g/mol. The number of benzene rings is 1. The molecule has 1 aliphatic carbocycles. The normalized spacial score (nSPS) is 22.1. The molecule has 0 radical (unpaired) electrons. The number of alkyl halides is 2. The van der Waals surface area contributed by atoms with Crippen LogP contribution in [0.1, 0.15) is 51.9 Å². The lowest BCUT2D eigenvalue weighted by Gasteiger charge is -2.49. The Bertz CT molecular complexity index is 902. The molecule has 166 valence electrons. The van der Waals surface area contributed by atoms with Crippen LogP contribution in [0.2, 0.25) is 0 Å². The van der Waals surface area contributed by atoms with Crippen molar-refractivity contribution in [3.8, 4) is 5.75 Å². The Labute approximate surface area is 174 Å². The number of amides is 2. The zero-order valence-corrected chi connectivity index (χ0v) is 17.6. The van der Waals surface area contributed by atoms with Crippen molar-refractivity contribution in [3.05, 3.63) is 24.3 Å². The first-order valence-electron chi connectivity index (χ1n) is 10.0. The summed E-state index contributed by atoms with van der Waals surface area (Å²) in [5.74, 6) is -0.768. The van der Waals surface area contributed by atoms with Crippen molar-refractivity contribution in [2.75, 3.05) is 6.54 Å². The minimum Gasteiger partial charge on any atom is -0.435 e. The molecule has 10 heteroatoms. The first-order valence-corrected chi connectivity index (χ1v) is 11.5. The average molecular weight is 445 g/mol. The summed E-state index contributed by atoms with van der Waals surface area (Å²) in [6, 6.07) is 4.50. The number of nitrogens with one attached hydrogen (secondary N) is 1. The highest BCUT2D eigenvalue weighted by molar-refractivity contribution is 7.90. The van der Waals surface area contributed by atoms with Crippen molar-refractivity contribution in [2.24, 2.45) is 5.92 Å². The SMILES string of the molecule is CC1(C(=O)NS(=O)(=O)c2cccc(OC(F)F)c2)CCN1C(=O)CCC1CCCC1. The van der Waals surface area contributed by atoms with E-state index >= 15 is 0 Å². The molecule has 3 rings (SSSR count). The maximum absolute atomic E-state index is 12.7. The highest BCUT2D eigenvalue weighted by atomic mass is 32.2. The highest BCUT2D eigenvalue weighted by Gasteiger charge is 2.50. The van der Waals surface area contributed by atoms with Gasteiger partial charge in [-0.1, -0.05) is 31.7 Å². The highest BCUT2D eigenvalue weighted by Crippen LogP contribution is 2.34. The molecule has 1 unspecified atom stereocenters. The first kappa shape index (κ1) is 22.5. The van der Waals surface area contributed by atoms with E-state index < -0.39 is 28.1 Å². The van der Waals surface area contributed by atoms with Gasteiger partial charge in [0.15, 0.2) is 0 Å². The summed E-state index contributed by atoms with van der Waals surface area (Å²) in [6.45, 7) is -1.17. The smallest absolute Gasteiger partial charge is 0.387 e. The number of carbonyl (C=O) groups excluding carboxylic acids is 2. The number of hydrogen-bond donors (Lipinski definition) is 1. The molecule has 1 aliphatic heterocycles. The summed E-state index contributed by atoms with van der Waals surface area (Å²) in [5.41, 5.74) is -1.25. The number of rotatable bonds is 8. The van der Waals surface area contributed by atoms with E-state index in [1.54, 1.807) is 0 Å². The van der Waals surface area contributed by atoms with Crippen LogP contribution in [0.3, 0.4) is 0 Å². The first-order chi connectivity index (χ1) is 14.1. The van der Waals surface area contributed by atoms with Crippen molar-refractivity contribution in [1.29, 1.82) is 0 Å². The fraction of sp³-hybridized carbons (Fsp3) is 0.600. The molecule has 7 nitrogen and oxygen atoms in total. The van der Waals surface area contributed by atoms with E-state index in [0.717, 1.165) is 25.3 Å². The molecule has 0 spiro atoms. The van der Waals surface area contributed by atoms with Crippen LogP contribution in [0.4, 0.5) is 8.78 Å². The van der Waals surface area contributed by atoms with Crippen molar-refractivity contribution < 1.29 is 31.5 Å². The Morgan fingerprint density at radius 1 is 1.30 bits per heavy atom. The molecule has 0 aromatic heterocycles. The fourth-order valence-corrected chi connectivity index (χ4v) is 5.18. The van der Waals surface area contributed by atoms with Crippen LogP contribution in [0.15, 0.2) is 29.2 Å². The van der Waals surface area contributed by atoms with Gasteiger partial charge in [0.05, 0.1) is 4.90 Å². The molecule has 30 heavy (non-hydrogen) atoms. The Kier molecular flexibility index (Phi) is 6.64. The van der Waals surface area contributed by atoms with E-state index in [9.17, 15) is 26.8 Å². The predicted molar refractivity (Wildman–Crippen MR) is 104 cm³/mol. The molecule has 2 amide bonds. The van der Waals surface area contributed by atoms with Gasteiger partial charge in [-0.3, -0.25) is 9.59 Å². The summed E-state index contributed by atoms with van der Waals surface area (Å²) >= 11 is 0. The Morgan fingerprint density at radius 2 is 2.00 bits per heavy atom. The Morgan fingerprint density at radius 3 is 2.60 bits per heavy atom. The van der Waals surface area contributed by atoms with Gasteiger partial charge in [0.2, 0.25) is 5.91 Å². The van der Waals surface area contributed by atoms with E-state index in [1.807, 2.05) is 4.72 Å². The summed E-state index contributed by atoms with van der Waals surface area (Å²) in [7, 11) is -4.31. The topological polar surface area (TPSA) is 92.8 Å².